The number of hydrogen-bond acceptors (Lipinski definition) is 9. The monoisotopic (exact) mass is 582 g/mol. The molecule has 2 N–H and O–H groups in total. The van der Waals surface area contributed by atoms with Gasteiger partial charge in [0.05, 0.1) is 10.9 Å². The van der Waals surface area contributed by atoms with Crippen LogP contribution in [0.2, 0.25) is 0 Å². The highest BCUT2D eigenvalue weighted by molar-refractivity contribution is 5.92. The molecule has 2 aromatic carbocycles. The highest BCUT2D eigenvalue weighted by atomic mass is 19.1. The number of phenols is 1. The molecule has 2 unspecified atom stereocenters. The molecule has 9 nitrogen and oxygen atoms in total. The van der Waals surface area contributed by atoms with E-state index in [4.69, 9.17) is 14.5 Å². The number of nitrogens with zero attached hydrogens (tertiary/aromatic N) is 5. The molecule has 6 heterocycles. The minimum Gasteiger partial charge on any atom is -0.508 e. The Kier molecular flexibility index (Phi) is 6.56. The first-order chi connectivity index (χ1) is 21.0. The first kappa shape index (κ1) is 26.6. The number of ether oxygens (including phenoxy) is 2. The highest BCUT2D eigenvalue weighted by Gasteiger charge is 2.45. The average Bonchev–Trinajstić information content (AvgIpc) is 3.71. The van der Waals surface area contributed by atoms with E-state index < -0.39 is 5.82 Å². The summed E-state index contributed by atoms with van der Waals surface area (Å²) in [6.07, 6.45) is 8.39. The van der Waals surface area contributed by atoms with E-state index in [0.717, 1.165) is 64.7 Å². The zero-order valence-corrected chi connectivity index (χ0v) is 24.0. The van der Waals surface area contributed by atoms with Gasteiger partial charge in [-0.15, -0.1) is 0 Å². The summed E-state index contributed by atoms with van der Waals surface area (Å²) in [6.45, 7) is 4.25. The number of benzene rings is 2. The fraction of sp³-hybridized carbons (Fsp3) is 0.424. The van der Waals surface area contributed by atoms with Crippen LogP contribution in [0.3, 0.4) is 0 Å². The van der Waals surface area contributed by atoms with Gasteiger partial charge >= 0.3 is 6.01 Å². The minimum atomic E-state index is -0.603. The van der Waals surface area contributed by atoms with Gasteiger partial charge in [-0.1, -0.05) is 18.2 Å². The van der Waals surface area contributed by atoms with E-state index in [2.05, 4.69) is 25.1 Å². The van der Waals surface area contributed by atoms with E-state index in [1.54, 1.807) is 12.3 Å². The number of phenolic OH excluding ortho intramolecular Hbond substituents is 1. The van der Waals surface area contributed by atoms with E-state index >= 15 is 4.39 Å². The van der Waals surface area contributed by atoms with Gasteiger partial charge in [-0.2, -0.15) is 9.97 Å². The number of nitrogens with one attached hydrogen (secondary N) is 1. The number of aromatic hydroxyl groups is 1. The Labute approximate surface area is 249 Å². The first-order valence-corrected chi connectivity index (χ1v) is 15.4. The molecule has 2 atom stereocenters. The molecule has 222 valence electrons. The fourth-order valence-corrected chi connectivity index (χ4v) is 7.55. The predicted molar refractivity (Wildman–Crippen MR) is 161 cm³/mol. The molecule has 0 saturated carbocycles. The molecule has 4 aromatic rings. The number of anilines is 1. The third kappa shape index (κ3) is 4.82. The number of rotatable bonds is 7. The first-order valence-electron chi connectivity index (χ1n) is 15.4. The summed E-state index contributed by atoms with van der Waals surface area (Å²) in [5, 5.41) is 14.6. The van der Waals surface area contributed by atoms with Crippen LogP contribution in [0, 0.1) is 5.82 Å². The number of hydrogen-bond donors (Lipinski definition) is 2. The van der Waals surface area contributed by atoms with Gasteiger partial charge in [0.2, 0.25) is 0 Å². The Morgan fingerprint density at radius 1 is 1.00 bits per heavy atom. The van der Waals surface area contributed by atoms with E-state index in [-0.39, 0.29) is 28.5 Å². The summed E-state index contributed by atoms with van der Waals surface area (Å²) in [4.78, 5) is 18.9. The summed E-state index contributed by atoms with van der Waals surface area (Å²) < 4.78 is 29.1. The summed E-state index contributed by atoms with van der Waals surface area (Å²) >= 11 is 0. The van der Waals surface area contributed by atoms with Crippen LogP contribution in [0.15, 0.2) is 54.7 Å². The molecule has 2 aromatic heterocycles. The number of pyridine rings is 1. The van der Waals surface area contributed by atoms with Crippen molar-refractivity contribution in [2.75, 3.05) is 37.7 Å². The number of aromatic nitrogens is 3. The lowest BCUT2D eigenvalue weighted by molar-refractivity contribution is 0.108. The predicted octanol–water partition coefficient (Wildman–Crippen LogP) is 5.28. The standard InChI is InChI=1S/C33H35FN6O3/c34-28-29(25-16-23(41)10-11-27(25)43-24-6-2-1-3-7-24)35-17-26-30(28)37-32(42-20-33-12-4-14-40(33)15-5-13-33)38-31(26)39-18-21-8-9-22(19-39)36-21/h1-3,6-7,10-11,16-17,21-22,36,41H,4-5,8-9,12-15,18-20H2. The Morgan fingerprint density at radius 2 is 1.77 bits per heavy atom. The van der Waals surface area contributed by atoms with Crippen molar-refractivity contribution < 1.29 is 19.0 Å². The van der Waals surface area contributed by atoms with E-state index in [9.17, 15) is 5.11 Å². The molecule has 0 radical (unpaired) electrons. The molecule has 0 amide bonds. The molecular formula is C33H35FN6O3. The van der Waals surface area contributed by atoms with Gasteiger partial charge < -0.3 is 24.8 Å². The van der Waals surface area contributed by atoms with Gasteiger partial charge in [0.15, 0.2) is 5.82 Å². The number of para-hydroxylation sites is 1. The molecular weight excluding hydrogens is 547 g/mol. The number of halogens is 1. The van der Waals surface area contributed by atoms with Gasteiger partial charge in [-0.25, -0.2) is 4.39 Å². The number of piperazine rings is 1. The van der Waals surface area contributed by atoms with Crippen LogP contribution in [0.5, 0.6) is 23.3 Å². The Bertz CT molecular complexity index is 1650. The van der Waals surface area contributed by atoms with Gasteiger partial charge in [0.25, 0.3) is 0 Å². The quantitative estimate of drug-likeness (QED) is 0.302. The molecule has 4 fully saturated rings. The lowest BCUT2D eigenvalue weighted by atomic mass is 9.95. The molecule has 8 rings (SSSR count). The van der Waals surface area contributed by atoms with Crippen molar-refractivity contribution in [3.63, 3.8) is 0 Å². The summed E-state index contributed by atoms with van der Waals surface area (Å²) in [5.41, 5.74) is 0.538. The Hall–Kier alpha value is -4.02. The Balaban J connectivity index is 1.22. The van der Waals surface area contributed by atoms with E-state index in [0.29, 0.717) is 47.0 Å². The zero-order chi connectivity index (χ0) is 29.0. The Morgan fingerprint density at radius 3 is 2.53 bits per heavy atom. The summed E-state index contributed by atoms with van der Waals surface area (Å²) in [6, 6.07) is 14.8. The van der Waals surface area contributed by atoms with Crippen molar-refractivity contribution in [2.45, 2.75) is 56.1 Å². The van der Waals surface area contributed by atoms with Crippen LogP contribution in [-0.4, -0.2) is 75.4 Å². The van der Waals surface area contributed by atoms with Crippen molar-refractivity contribution in [3.05, 3.63) is 60.5 Å². The van der Waals surface area contributed by atoms with Crippen molar-refractivity contribution in [3.8, 4) is 34.5 Å². The highest BCUT2D eigenvalue weighted by Crippen LogP contribution is 2.41. The maximum absolute atomic E-state index is 16.7. The van der Waals surface area contributed by atoms with Crippen LogP contribution in [-0.2, 0) is 0 Å². The molecule has 4 aliphatic rings. The van der Waals surface area contributed by atoms with Gasteiger partial charge in [-0.3, -0.25) is 9.88 Å². The van der Waals surface area contributed by atoms with Gasteiger partial charge in [0, 0.05) is 36.9 Å². The normalized spacial score (nSPS) is 22.7. The third-order valence-electron chi connectivity index (χ3n) is 9.63. The molecule has 4 saturated heterocycles. The third-order valence-corrected chi connectivity index (χ3v) is 9.63. The number of fused-ring (bicyclic) bond motifs is 4. The summed E-state index contributed by atoms with van der Waals surface area (Å²) in [5.74, 6) is 1.00. The zero-order valence-electron chi connectivity index (χ0n) is 24.0. The molecule has 2 bridgehead atoms. The van der Waals surface area contributed by atoms with Crippen LogP contribution in [0.25, 0.3) is 22.2 Å². The molecule has 43 heavy (non-hydrogen) atoms. The van der Waals surface area contributed by atoms with Crippen molar-refractivity contribution in [1.82, 2.24) is 25.2 Å². The second-order valence-electron chi connectivity index (χ2n) is 12.4. The van der Waals surface area contributed by atoms with Crippen LogP contribution < -0.4 is 19.7 Å². The van der Waals surface area contributed by atoms with E-state index in [1.165, 1.54) is 12.1 Å². The SMILES string of the molecule is Oc1ccc(Oc2ccccc2)c(-c2ncc3c(N4CC5CCC(C4)N5)nc(OCC45CCCN4CCC5)nc3c2F)c1. The maximum atomic E-state index is 16.7. The molecule has 4 aliphatic heterocycles. The van der Waals surface area contributed by atoms with E-state index in [1.807, 2.05) is 30.3 Å². The summed E-state index contributed by atoms with van der Waals surface area (Å²) in [7, 11) is 0. The van der Waals surface area contributed by atoms with Crippen LogP contribution in [0.1, 0.15) is 38.5 Å². The molecule has 10 heteroatoms. The lowest BCUT2D eigenvalue weighted by Crippen LogP contribution is -2.51. The smallest absolute Gasteiger partial charge is 0.319 e. The topological polar surface area (TPSA) is 95.9 Å². The van der Waals surface area contributed by atoms with Gasteiger partial charge in [0.1, 0.15) is 40.9 Å². The second kappa shape index (κ2) is 10.6. The van der Waals surface area contributed by atoms with Crippen molar-refractivity contribution in [2.24, 2.45) is 0 Å². The molecule has 0 aliphatic carbocycles. The lowest BCUT2D eigenvalue weighted by Gasteiger charge is -2.34. The largest absolute Gasteiger partial charge is 0.508 e. The van der Waals surface area contributed by atoms with Crippen LogP contribution >= 0.6 is 0 Å². The second-order valence-corrected chi connectivity index (χ2v) is 12.4. The van der Waals surface area contributed by atoms with Gasteiger partial charge in [-0.05, 0) is 81.9 Å². The average molecular weight is 583 g/mol. The van der Waals surface area contributed by atoms with Crippen LogP contribution in [0.4, 0.5) is 10.2 Å². The fourth-order valence-electron chi connectivity index (χ4n) is 7.55. The molecule has 0 spiro atoms. The maximum Gasteiger partial charge on any atom is 0.319 e. The van der Waals surface area contributed by atoms with Crippen molar-refractivity contribution in [1.29, 1.82) is 0 Å². The minimum absolute atomic E-state index is 0.0137. The van der Waals surface area contributed by atoms with Crippen molar-refractivity contribution >= 4 is 16.7 Å².